The van der Waals surface area contributed by atoms with Gasteiger partial charge in [0.25, 0.3) is 0 Å². The van der Waals surface area contributed by atoms with Crippen molar-refractivity contribution in [2.45, 2.75) is 52.4 Å². The van der Waals surface area contributed by atoms with Crippen LogP contribution in [0.15, 0.2) is 6.33 Å². The van der Waals surface area contributed by atoms with Crippen LogP contribution in [0, 0.1) is 0 Å². The molecule has 0 N–H and O–H groups in total. The van der Waals surface area contributed by atoms with Crippen molar-refractivity contribution in [1.29, 1.82) is 0 Å². The predicted molar refractivity (Wildman–Crippen MR) is 61.3 cm³/mol. The average molecular weight is 238 g/mol. The third kappa shape index (κ3) is 2.57. The van der Waals surface area contributed by atoms with Gasteiger partial charge in [-0.25, -0.2) is 4.79 Å². The van der Waals surface area contributed by atoms with Crippen molar-refractivity contribution < 1.29 is 9.53 Å². The standard InChI is InChI=1S/C11H18N4O2/c1-8-5-14-7-12-13-9(14)6-15(8)10(16)17-11(2,3)4/h7-8H,5-6H2,1-4H3/t8-/m0/s1. The number of aromatic nitrogens is 3. The van der Waals surface area contributed by atoms with Crippen LogP contribution in [-0.4, -0.2) is 37.4 Å². The maximum atomic E-state index is 12.0. The summed E-state index contributed by atoms with van der Waals surface area (Å²) in [6.07, 6.45) is 1.40. The van der Waals surface area contributed by atoms with Crippen molar-refractivity contribution in [1.82, 2.24) is 19.7 Å². The molecule has 0 saturated heterocycles. The highest BCUT2D eigenvalue weighted by Gasteiger charge is 2.31. The first-order valence-electron chi connectivity index (χ1n) is 5.73. The molecule has 0 aliphatic carbocycles. The van der Waals surface area contributed by atoms with E-state index in [1.165, 1.54) is 0 Å². The molecule has 6 heteroatoms. The number of carbonyl (C=O) groups is 1. The SMILES string of the molecule is C[C@H]1Cn2cnnc2CN1C(=O)OC(C)(C)C. The molecule has 0 spiro atoms. The molecule has 1 atom stereocenters. The lowest BCUT2D eigenvalue weighted by Gasteiger charge is -2.34. The number of nitrogens with zero attached hydrogens (tertiary/aromatic N) is 4. The van der Waals surface area contributed by atoms with Gasteiger partial charge >= 0.3 is 6.09 Å². The first kappa shape index (κ1) is 11.9. The van der Waals surface area contributed by atoms with Gasteiger partial charge in [0.05, 0.1) is 12.6 Å². The van der Waals surface area contributed by atoms with Gasteiger partial charge in [-0.3, -0.25) is 4.90 Å². The van der Waals surface area contributed by atoms with Gasteiger partial charge in [-0.15, -0.1) is 10.2 Å². The Morgan fingerprint density at radius 1 is 1.53 bits per heavy atom. The zero-order valence-corrected chi connectivity index (χ0v) is 10.7. The molecule has 94 valence electrons. The van der Waals surface area contributed by atoms with Crippen LogP contribution >= 0.6 is 0 Å². The summed E-state index contributed by atoms with van der Waals surface area (Å²) in [5, 5.41) is 7.82. The molecule has 2 rings (SSSR count). The Kier molecular flexibility index (Phi) is 2.81. The Morgan fingerprint density at radius 3 is 2.88 bits per heavy atom. The lowest BCUT2D eigenvalue weighted by molar-refractivity contribution is 0.00934. The van der Waals surface area contributed by atoms with E-state index in [2.05, 4.69) is 10.2 Å². The van der Waals surface area contributed by atoms with Crippen molar-refractivity contribution in [3.05, 3.63) is 12.2 Å². The van der Waals surface area contributed by atoms with Gasteiger partial charge in [-0.2, -0.15) is 0 Å². The quantitative estimate of drug-likeness (QED) is 0.685. The van der Waals surface area contributed by atoms with Crippen LogP contribution < -0.4 is 0 Å². The minimum atomic E-state index is -0.470. The maximum absolute atomic E-state index is 12.0. The smallest absolute Gasteiger partial charge is 0.411 e. The van der Waals surface area contributed by atoms with Crippen LogP contribution in [-0.2, 0) is 17.8 Å². The van der Waals surface area contributed by atoms with Gasteiger partial charge in [-0.1, -0.05) is 0 Å². The van der Waals surface area contributed by atoms with Gasteiger partial charge in [0.15, 0.2) is 5.82 Å². The molecule has 1 aliphatic heterocycles. The van der Waals surface area contributed by atoms with E-state index in [1.54, 1.807) is 11.2 Å². The van der Waals surface area contributed by atoms with E-state index >= 15 is 0 Å². The van der Waals surface area contributed by atoms with Gasteiger partial charge in [-0.05, 0) is 27.7 Å². The minimum absolute atomic E-state index is 0.0911. The minimum Gasteiger partial charge on any atom is -0.444 e. The Morgan fingerprint density at radius 2 is 2.24 bits per heavy atom. The number of hydrogen-bond acceptors (Lipinski definition) is 4. The molecule has 0 aromatic carbocycles. The van der Waals surface area contributed by atoms with Gasteiger partial charge < -0.3 is 9.30 Å². The fraction of sp³-hybridized carbons (Fsp3) is 0.727. The number of hydrogen-bond donors (Lipinski definition) is 0. The third-order valence-corrected chi connectivity index (χ3v) is 2.63. The van der Waals surface area contributed by atoms with Gasteiger partial charge in [0, 0.05) is 6.54 Å². The molecule has 1 aromatic rings. The summed E-state index contributed by atoms with van der Waals surface area (Å²) in [6.45, 7) is 8.75. The number of ether oxygens (including phenoxy) is 1. The van der Waals surface area contributed by atoms with E-state index in [-0.39, 0.29) is 12.1 Å². The largest absolute Gasteiger partial charge is 0.444 e. The lowest BCUT2D eigenvalue weighted by atomic mass is 10.2. The first-order chi connectivity index (χ1) is 7.87. The highest BCUT2D eigenvalue weighted by Crippen LogP contribution is 2.18. The normalized spacial score (nSPS) is 20.0. The summed E-state index contributed by atoms with van der Waals surface area (Å²) in [7, 11) is 0. The monoisotopic (exact) mass is 238 g/mol. The van der Waals surface area contributed by atoms with E-state index in [0.717, 1.165) is 5.82 Å². The summed E-state index contributed by atoms with van der Waals surface area (Å²) in [5.41, 5.74) is -0.470. The molecular formula is C11H18N4O2. The molecule has 1 aliphatic rings. The second-order valence-electron chi connectivity index (χ2n) is 5.36. The van der Waals surface area contributed by atoms with E-state index in [4.69, 9.17) is 4.74 Å². The van der Waals surface area contributed by atoms with Crippen molar-refractivity contribution >= 4 is 6.09 Å². The summed E-state index contributed by atoms with van der Waals surface area (Å²) >= 11 is 0. The Hall–Kier alpha value is -1.59. The Labute approximate surface area is 101 Å². The van der Waals surface area contributed by atoms with E-state index in [9.17, 15) is 4.79 Å². The summed E-state index contributed by atoms with van der Waals surface area (Å²) in [5.74, 6) is 0.800. The second kappa shape index (κ2) is 4.01. The van der Waals surface area contributed by atoms with Crippen molar-refractivity contribution in [2.75, 3.05) is 0 Å². The van der Waals surface area contributed by atoms with E-state index in [1.807, 2.05) is 32.3 Å². The van der Waals surface area contributed by atoms with Crippen LogP contribution in [0.4, 0.5) is 4.79 Å². The summed E-state index contributed by atoms with van der Waals surface area (Å²) < 4.78 is 7.33. The molecular weight excluding hydrogens is 220 g/mol. The average Bonchev–Trinajstić information content (AvgIpc) is 2.60. The third-order valence-electron chi connectivity index (χ3n) is 2.63. The molecule has 17 heavy (non-hydrogen) atoms. The number of amides is 1. The van der Waals surface area contributed by atoms with Crippen LogP contribution in [0.25, 0.3) is 0 Å². The molecule has 0 bridgehead atoms. The molecule has 0 radical (unpaired) electrons. The zero-order valence-electron chi connectivity index (χ0n) is 10.7. The molecule has 0 unspecified atom stereocenters. The van der Waals surface area contributed by atoms with Crippen LogP contribution in [0.2, 0.25) is 0 Å². The summed E-state index contributed by atoms with van der Waals surface area (Å²) in [4.78, 5) is 13.7. The zero-order chi connectivity index (χ0) is 12.6. The maximum Gasteiger partial charge on any atom is 0.411 e. The topological polar surface area (TPSA) is 60.2 Å². The lowest BCUT2D eigenvalue weighted by Crippen LogP contribution is -2.46. The Bertz CT molecular complexity index is 421. The van der Waals surface area contributed by atoms with Crippen molar-refractivity contribution in [3.63, 3.8) is 0 Å². The molecule has 0 fully saturated rings. The molecule has 6 nitrogen and oxygen atoms in total. The second-order valence-corrected chi connectivity index (χ2v) is 5.36. The molecule has 0 saturated carbocycles. The molecule has 1 aromatic heterocycles. The fourth-order valence-corrected chi connectivity index (χ4v) is 1.81. The van der Waals surface area contributed by atoms with E-state index in [0.29, 0.717) is 13.1 Å². The number of fused-ring (bicyclic) bond motifs is 1. The van der Waals surface area contributed by atoms with Gasteiger partial charge in [0.1, 0.15) is 11.9 Å². The molecule has 2 heterocycles. The summed E-state index contributed by atoms with van der Waals surface area (Å²) in [6, 6.07) is 0.0911. The first-order valence-corrected chi connectivity index (χ1v) is 5.73. The van der Waals surface area contributed by atoms with Crippen molar-refractivity contribution in [3.8, 4) is 0 Å². The van der Waals surface area contributed by atoms with Crippen LogP contribution in [0.1, 0.15) is 33.5 Å². The van der Waals surface area contributed by atoms with Crippen molar-refractivity contribution in [2.24, 2.45) is 0 Å². The highest BCUT2D eigenvalue weighted by molar-refractivity contribution is 5.68. The van der Waals surface area contributed by atoms with Gasteiger partial charge in [0.2, 0.25) is 0 Å². The number of carbonyl (C=O) groups excluding carboxylic acids is 1. The Balaban J connectivity index is 2.10. The molecule has 1 amide bonds. The van der Waals surface area contributed by atoms with Crippen LogP contribution in [0.5, 0.6) is 0 Å². The van der Waals surface area contributed by atoms with E-state index < -0.39 is 5.60 Å². The fourth-order valence-electron chi connectivity index (χ4n) is 1.81. The highest BCUT2D eigenvalue weighted by atomic mass is 16.6. The number of rotatable bonds is 0. The van der Waals surface area contributed by atoms with Crippen LogP contribution in [0.3, 0.4) is 0 Å². The predicted octanol–water partition coefficient (Wildman–Crippen LogP) is 1.42.